The lowest BCUT2D eigenvalue weighted by atomic mass is 9.92. The normalized spacial score (nSPS) is 18.0. The van der Waals surface area contributed by atoms with E-state index < -0.39 is 43.2 Å². The fourth-order valence-corrected chi connectivity index (χ4v) is 4.93. The fourth-order valence-electron chi connectivity index (χ4n) is 4.93. The molecule has 0 aromatic carbocycles. The summed E-state index contributed by atoms with van der Waals surface area (Å²) in [6.45, 7) is 5.22. The van der Waals surface area contributed by atoms with Gasteiger partial charge in [-0.15, -0.1) is 0 Å². The molecule has 8 atom stereocenters. The molecular weight excluding hydrogens is 526 g/mol. The minimum atomic E-state index is -1.75. The van der Waals surface area contributed by atoms with Crippen LogP contribution in [0.4, 0.5) is 0 Å². The van der Waals surface area contributed by atoms with Crippen LogP contribution in [0.15, 0.2) is 12.2 Å². The number of amides is 1. The second kappa shape index (κ2) is 25.4. The van der Waals surface area contributed by atoms with Gasteiger partial charge in [0.2, 0.25) is 5.91 Å². The average molecular weight is 590 g/mol. The molecule has 244 valence electrons. The van der Waals surface area contributed by atoms with Crippen LogP contribution in [0.5, 0.6) is 0 Å². The summed E-state index contributed by atoms with van der Waals surface area (Å²) in [7, 11) is 0. The van der Waals surface area contributed by atoms with Gasteiger partial charge >= 0.3 is 0 Å². The molecule has 0 saturated carbocycles. The van der Waals surface area contributed by atoms with Gasteiger partial charge in [0.05, 0.1) is 24.9 Å². The molecule has 0 aromatic rings. The van der Waals surface area contributed by atoms with Crippen molar-refractivity contribution >= 4 is 5.91 Å². The lowest BCUT2D eigenvalue weighted by Gasteiger charge is -2.31. The first kappa shape index (κ1) is 39.9. The van der Waals surface area contributed by atoms with Crippen molar-refractivity contribution in [1.82, 2.24) is 5.32 Å². The first-order chi connectivity index (χ1) is 19.6. The molecule has 41 heavy (non-hydrogen) atoms. The van der Waals surface area contributed by atoms with Crippen molar-refractivity contribution in [1.29, 1.82) is 0 Å². The summed E-state index contributed by atoms with van der Waals surface area (Å²) in [6.07, 6.45) is 11.9. The van der Waals surface area contributed by atoms with E-state index in [1.54, 1.807) is 6.92 Å². The van der Waals surface area contributed by atoms with Crippen LogP contribution >= 0.6 is 0 Å². The van der Waals surface area contributed by atoms with Crippen molar-refractivity contribution in [2.45, 2.75) is 160 Å². The second-order valence-electron chi connectivity index (χ2n) is 11.9. The molecule has 8 N–H and O–H groups in total. The highest BCUT2D eigenvalue weighted by Gasteiger charge is 2.35. The Kier molecular flexibility index (Phi) is 24.8. The molecule has 0 aliphatic carbocycles. The second-order valence-corrected chi connectivity index (χ2v) is 11.9. The largest absolute Gasteiger partial charge is 0.396 e. The molecule has 0 aliphatic heterocycles. The summed E-state index contributed by atoms with van der Waals surface area (Å²) < 4.78 is 0. The van der Waals surface area contributed by atoms with Crippen molar-refractivity contribution in [3.63, 3.8) is 0 Å². The van der Waals surface area contributed by atoms with Crippen LogP contribution < -0.4 is 5.32 Å². The zero-order chi connectivity index (χ0) is 31.0. The first-order valence-corrected chi connectivity index (χ1v) is 16.2. The molecule has 0 heterocycles. The predicted octanol–water partition coefficient (Wildman–Crippen LogP) is 3.35. The Morgan fingerprint density at radius 2 is 1.29 bits per heavy atom. The molecule has 9 nitrogen and oxygen atoms in total. The molecular formula is C32H63NO8. The molecule has 0 aromatic heterocycles. The van der Waals surface area contributed by atoms with Gasteiger partial charge in [-0.3, -0.25) is 4.79 Å². The molecule has 1 amide bonds. The summed E-state index contributed by atoms with van der Waals surface area (Å²) in [5.74, 6) is -0.358. The third-order valence-corrected chi connectivity index (χ3v) is 8.07. The lowest BCUT2D eigenvalue weighted by molar-refractivity contribution is -0.131. The summed E-state index contributed by atoms with van der Waals surface area (Å²) in [5, 5.41) is 72.9. The maximum Gasteiger partial charge on any atom is 0.220 e. The number of carbonyl (C=O) groups is 1. The topological polar surface area (TPSA) is 171 Å². The van der Waals surface area contributed by atoms with E-state index in [0.29, 0.717) is 25.7 Å². The van der Waals surface area contributed by atoms with E-state index in [4.69, 9.17) is 0 Å². The summed E-state index contributed by atoms with van der Waals surface area (Å²) in [6, 6.07) is -1.16. The van der Waals surface area contributed by atoms with Crippen LogP contribution in [-0.4, -0.2) is 91.4 Å². The summed E-state index contributed by atoms with van der Waals surface area (Å²) >= 11 is 0. The van der Waals surface area contributed by atoms with Gasteiger partial charge in [-0.05, 0) is 44.9 Å². The molecule has 0 aliphatic rings. The molecule has 0 saturated heterocycles. The Morgan fingerprint density at radius 1 is 0.732 bits per heavy atom. The smallest absolute Gasteiger partial charge is 0.220 e. The van der Waals surface area contributed by atoms with Crippen molar-refractivity contribution in [3.8, 4) is 0 Å². The minimum Gasteiger partial charge on any atom is -0.396 e. The van der Waals surface area contributed by atoms with Crippen molar-refractivity contribution in [3.05, 3.63) is 12.2 Å². The van der Waals surface area contributed by atoms with E-state index in [0.717, 1.165) is 19.3 Å². The number of aliphatic hydroxyl groups is 7. The minimum absolute atomic E-state index is 0.0269. The SMILES string of the molecule is CCCCCCCCCCCCCC(=O)NC(CO)C(O)C(O)C(O)C(O)CCCC=CC(CO)CC(C)C(C)O. The van der Waals surface area contributed by atoms with E-state index in [9.17, 15) is 40.5 Å². The highest BCUT2D eigenvalue weighted by molar-refractivity contribution is 5.76. The standard InChI is InChI=1S/C32H63NO8/c1-4-5-6-7-8-9-10-11-12-13-17-20-29(38)33-27(23-35)30(39)32(41)31(40)28(37)19-16-14-15-18-26(22-34)21-24(2)25(3)36/h15,18,24-28,30-32,34-37,39-41H,4-14,16-17,19-23H2,1-3H3,(H,33,38). The van der Waals surface area contributed by atoms with Gasteiger partial charge in [-0.2, -0.15) is 0 Å². The predicted molar refractivity (Wildman–Crippen MR) is 163 cm³/mol. The molecule has 0 fully saturated rings. The van der Waals surface area contributed by atoms with Gasteiger partial charge in [0.1, 0.15) is 18.3 Å². The van der Waals surface area contributed by atoms with Gasteiger partial charge < -0.3 is 41.1 Å². The number of rotatable bonds is 27. The van der Waals surface area contributed by atoms with Gasteiger partial charge in [0.15, 0.2) is 0 Å². The monoisotopic (exact) mass is 589 g/mol. The van der Waals surface area contributed by atoms with Crippen molar-refractivity contribution < 1.29 is 40.5 Å². The van der Waals surface area contributed by atoms with Crippen LogP contribution in [0.25, 0.3) is 0 Å². The number of aliphatic hydroxyl groups excluding tert-OH is 7. The third kappa shape index (κ3) is 19.7. The number of hydrogen-bond donors (Lipinski definition) is 8. The average Bonchev–Trinajstić information content (AvgIpc) is 2.96. The number of hydrogen-bond acceptors (Lipinski definition) is 8. The Hall–Kier alpha value is -1.07. The number of nitrogens with one attached hydrogen (secondary N) is 1. The van der Waals surface area contributed by atoms with Crippen LogP contribution in [0.2, 0.25) is 0 Å². The number of unbranched alkanes of at least 4 members (excludes halogenated alkanes) is 11. The maximum atomic E-state index is 12.3. The first-order valence-electron chi connectivity index (χ1n) is 16.2. The molecule has 0 rings (SSSR count). The zero-order valence-electron chi connectivity index (χ0n) is 26.0. The molecule has 0 bridgehead atoms. The number of allylic oxidation sites excluding steroid dienone is 1. The van der Waals surface area contributed by atoms with Crippen LogP contribution in [0, 0.1) is 11.8 Å². The van der Waals surface area contributed by atoms with E-state index >= 15 is 0 Å². The Bertz CT molecular complexity index is 647. The highest BCUT2D eigenvalue weighted by Crippen LogP contribution is 2.18. The Morgan fingerprint density at radius 3 is 1.80 bits per heavy atom. The van der Waals surface area contributed by atoms with Gasteiger partial charge in [-0.1, -0.05) is 90.2 Å². The summed E-state index contributed by atoms with van der Waals surface area (Å²) in [4.78, 5) is 12.3. The van der Waals surface area contributed by atoms with Gasteiger partial charge in [0.25, 0.3) is 0 Å². The van der Waals surface area contributed by atoms with Gasteiger partial charge in [0, 0.05) is 18.9 Å². The molecule has 0 spiro atoms. The van der Waals surface area contributed by atoms with E-state index in [-0.39, 0.29) is 37.2 Å². The fraction of sp³-hybridized carbons (Fsp3) is 0.906. The highest BCUT2D eigenvalue weighted by atomic mass is 16.4. The van der Waals surface area contributed by atoms with Crippen LogP contribution in [0.1, 0.15) is 124 Å². The Balaban J connectivity index is 4.29. The quantitative estimate of drug-likeness (QED) is 0.0532. The van der Waals surface area contributed by atoms with E-state index in [2.05, 4.69) is 12.2 Å². The van der Waals surface area contributed by atoms with E-state index in [1.807, 2.05) is 19.1 Å². The van der Waals surface area contributed by atoms with Crippen molar-refractivity contribution in [2.24, 2.45) is 11.8 Å². The molecule has 0 radical (unpaired) electrons. The van der Waals surface area contributed by atoms with E-state index in [1.165, 1.54) is 44.9 Å². The van der Waals surface area contributed by atoms with Crippen LogP contribution in [0.3, 0.4) is 0 Å². The lowest BCUT2D eigenvalue weighted by Crippen LogP contribution is -2.55. The molecule has 9 heteroatoms. The Labute approximate surface area is 249 Å². The molecule has 8 unspecified atom stereocenters. The maximum absolute atomic E-state index is 12.3. The van der Waals surface area contributed by atoms with Crippen LogP contribution in [-0.2, 0) is 4.79 Å². The van der Waals surface area contributed by atoms with Gasteiger partial charge in [-0.25, -0.2) is 0 Å². The third-order valence-electron chi connectivity index (χ3n) is 8.07. The van der Waals surface area contributed by atoms with Crippen molar-refractivity contribution in [2.75, 3.05) is 13.2 Å². The number of carbonyl (C=O) groups excluding carboxylic acids is 1. The summed E-state index contributed by atoms with van der Waals surface area (Å²) in [5.41, 5.74) is 0. The zero-order valence-corrected chi connectivity index (χ0v) is 26.0.